The van der Waals surface area contributed by atoms with Crippen molar-refractivity contribution in [2.45, 2.75) is 114 Å². The number of thioether (sulfide) groups is 2. The van der Waals surface area contributed by atoms with Crippen molar-refractivity contribution in [2.75, 3.05) is 23.0 Å². The van der Waals surface area contributed by atoms with Crippen LogP contribution in [0.1, 0.15) is 145 Å². The van der Waals surface area contributed by atoms with Crippen LogP contribution < -0.4 is 44.9 Å². The Bertz CT molecular complexity index is 3770. The number of aryl methyl sites for hydroxylation is 2. The number of H-pyrrole nitrogens is 1. The quantitative estimate of drug-likeness (QED) is 0.00985. The predicted octanol–water partition coefficient (Wildman–Crippen LogP) is 11.4. The number of rotatable bonds is 29. The molecule has 2 fully saturated rings. The molecule has 2 heterocycles. The van der Waals surface area contributed by atoms with Gasteiger partial charge in [0.25, 0.3) is 0 Å². The number of aliphatic hydroxyl groups is 2. The monoisotopic (exact) mass is 1380 g/mol. The van der Waals surface area contributed by atoms with Crippen LogP contribution in [0.3, 0.4) is 0 Å². The molecule has 0 spiro atoms. The predicted molar refractivity (Wildman–Crippen MR) is 368 cm³/mol. The van der Waals surface area contributed by atoms with Gasteiger partial charge in [-0.2, -0.15) is 27.9 Å². The van der Waals surface area contributed by atoms with Gasteiger partial charge in [0.15, 0.2) is 0 Å². The molecule has 0 aliphatic heterocycles. The Morgan fingerprint density at radius 1 is 0.667 bits per heavy atom. The Morgan fingerprint density at radius 3 is 1.69 bits per heavy atom. The molecule has 0 amide bonds. The van der Waals surface area contributed by atoms with Crippen molar-refractivity contribution in [3.8, 4) is 0 Å². The van der Waals surface area contributed by atoms with Gasteiger partial charge >= 0.3 is 35.5 Å². The summed E-state index contributed by atoms with van der Waals surface area (Å²) in [5.41, 5.74) is 10.5. The SMILES string of the molecule is CC(C)(O)c1ccccc1CC[C@@H](SCC1(CC(=O)O)CC1)c1cccc(/C=C/c2ccc3ccc(Cl)cc3[nH+]2)c1.CC(C)(O)c1ccccc1CC[C@@H](SCC1(CC(=O)[O-])CC1)c1cccc(/C=C/c2ccc3ccc(Cl)cc3n2)c1.O=S(=O)([O-])CCSOO[O-].[Na+]. The van der Waals surface area contributed by atoms with Crippen LogP contribution in [0.5, 0.6) is 0 Å². The number of fused-ring (bicyclic) bond motifs is 2. The van der Waals surface area contributed by atoms with Crippen molar-refractivity contribution < 1.29 is 92.2 Å². The third-order valence-electron chi connectivity index (χ3n) is 16.2. The molecule has 486 valence electrons. The molecule has 2 aliphatic rings. The molecule has 4 N–H and O–H groups in total. The van der Waals surface area contributed by atoms with Gasteiger partial charge in [0, 0.05) is 84.8 Å². The summed E-state index contributed by atoms with van der Waals surface area (Å²) in [6.45, 7) is 7.31. The molecule has 21 heteroatoms. The summed E-state index contributed by atoms with van der Waals surface area (Å²) < 4.78 is 33.2. The molecule has 6 aromatic carbocycles. The molecule has 0 unspecified atom stereocenters. The third-order valence-corrected chi connectivity index (χ3v) is 21.6. The molecule has 2 aromatic heterocycles. The zero-order valence-electron chi connectivity index (χ0n) is 52.7. The van der Waals surface area contributed by atoms with Gasteiger partial charge in [0.2, 0.25) is 11.2 Å². The van der Waals surface area contributed by atoms with E-state index < -0.39 is 39.0 Å². The Balaban J connectivity index is 0.000000228. The standard InChI is InChI=1S/2C35H36ClNO3S.C2H6O6S2.Na/c2*1-34(2,40)30-9-4-3-7-25(30)13-17-32(41-23-35(18-19-35)22-33(38)39)27-8-5-6-24(20-27)10-15-29-16-12-26-11-14-28(36)21-31(26)37-29;3-7-8-9-1-2-10(4,5)6;/h2*3-12,14-16,20-21,32,40H,13,17-19,22-23H2,1-2H3,(H,38,39);3H,1-2H2,(H,4,5,6);/q;;;+1/p-2/b2*15-10+;;/t2*32-;;/m11../s1. The number of carboxylic acids is 2. The molecule has 93 heavy (non-hydrogen) atoms. The number of hydrogen-bond acceptors (Lipinski definition) is 15. The van der Waals surface area contributed by atoms with Crippen molar-refractivity contribution in [1.82, 2.24) is 4.98 Å². The largest absolute Gasteiger partial charge is 1.00 e. The second kappa shape index (κ2) is 34.7. The van der Waals surface area contributed by atoms with Crippen molar-refractivity contribution in [3.63, 3.8) is 0 Å². The smallest absolute Gasteiger partial charge is 0.748 e. The van der Waals surface area contributed by atoms with Crippen LogP contribution in [-0.2, 0) is 53.1 Å². The first-order chi connectivity index (χ1) is 43.8. The van der Waals surface area contributed by atoms with Gasteiger partial charge in [-0.05, 0) is 195 Å². The molecule has 2 atom stereocenters. The molecule has 2 saturated carbocycles. The number of nitrogens with zero attached hydrogens (tertiary/aromatic N) is 1. The summed E-state index contributed by atoms with van der Waals surface area (Å²) in [7, 11) is -4.21. The van der Waals surface area contributed by atoms with Crippen molar-refractivity contribution in [2.24, 2.45) is 10.8 Å². The summed E-state index contributed by atoms with van der Waals surface area (Å²) in [5.74, 6) is -0.738. The number of aromatic amines is 1. The molecular weight excluding hydrogens is 1310 g/mol. The molecule has 2 aliphatic carbocycles. The minimum absolute atomic E-state index is 0. The number of pyridine rings is 2. The topological polar surface area (TPSA) is 244 Å². The van der Waals surface area contributed by atoms with E-state index in [9.17, 15) is 43.0 Å². The zero-order chi connectivity index (χ0) is 66.1. The van der Waals surface area contributed by atoms with Crippen molar-refractivity contribution >= 4 is 127 Å². The van der Waals surface area contributed by atoms with Gasteiger partial charge in [0.1, 0.15) is 0 Å². The van der Waals surface area contributed by atoms with E-state index in [1.807, 2.05) is 142 Å². The fourth-order valence-electron chi connectivity index (χ4n) is 11.0. The maximum absolute atomic E-state index is 11.5. The maximum Gasteiger partial charge on any atom is 1.00 e. The first-order valence-corrected chi connectivity index (χ1v) is 35.6. The first-order valence-electron chi connectivity index (χ1n) is 30.3. The summed E-state index contributed by atoms with van der Waals surface area (Å²) in [4.78, 5) is 31.0. The maximum atomic E-state index is 11.5. The number of carbonyl (C=O) groups is 2. The van der Waals surface area contributed by atoms with Crippen LogP contribution in [0, 0.1) is 10.8 Å². The fourth-order valence-corrected chi connectivity index (χ4v) is 15.6. The van der Waals surface area contributed by atoms with E-state index >= 15 is 0 Å². The summed E-state index contributed by atoms with van der Waals surface area (Å²) >= 11 is 16.5. The Hall–Kier alpha value is -5.10. The molecule has 0 radical (unpaired) electrons. The van der Waals surface area contributed by atoms with E-state index in [1.165, 1.54) is 11.1 Å². The van der Waals surface area contributed by atoms with Crippen molar-refractivity contribution in [3.05, 3.63) is 224 Å². The van der Waals surface area contributed by atoms with E-state index in [0.29, 0.717) is 22.1 Å². The second-order valence-electron chi connectivity index (χ2n) is 24.7. The summed E-state index contributed by atoms with van der Waals surface area (Å²) in [6, 6.07) is 53.1. The number of aliphatic carboxylic acids is 2. The number of nitrogens with one attached hydrogen (secondary N) is 1. The van der Waals surface area contributed by atoms with Crippen LogP contribution in [-0.4, -0.2) is 68.2 Å². The Morgan fingerprint density at radius 2 is 1.17 bits per heavy atom. The molecule has 0 bridgehead atoms. The van der Waals surface area contributed by atoms with Crippen molar-refractivity contribution in [1.29, 1.82) is 0 Å². The number of carboxylic acid groups (broad SMARTS) is 2. The fraction of sp³-hybridized carbons (Fsp3) is 0.333. The minimum atomic E-state index is -4.21. The Labute approximate surface area is 590 Å². The average molecular weight is 1380 g/mol. The number of hydrogen-bond donors (Lipinski definition) is 3. The average Bonchev–Trinajstić information content (AvgIpc) is 1.77. The van der Waals surface area contributed by atoms with E-state index in [4.69, 9.17) is 33.4 Å². The minimum Gasteiger partial charge on any atom is -0.748 e. The third kappa shape index (κ3) is 24.5. The first kappa shape index (κ1) is 75.3. The number of benzene rings is 6. The van der Waals surface area contributed by atoms with Crippen LogP contribution in [0.25, 0.3) is 46.1 Å². The van der Waals surface area contributed by atoms with E-state index in [1.54, 1.807) is 0 Å². The van der Waals surface area contributed by atoms with E-state index in [0.717, 1.165) is 129 Å². The molecular formula is C72H76Cl2N2NaO12S4-. The van der Waals surface area contributed by atoms with Gasteiger partial charge in [-0.3, -0.25) is 9.83 Å². The van der Waals surface area contributed by atoms with E-state index in [-0.39, 0.29) is 69.5 Å². The molecule has 0 saturated heterocycles. The van der Waals surface area contributed by atoms with Crippen LogP contribution in [0.2, 0.25) is 10.0 Å². The summed E-state index contributed by atoms with van der Waals surface area (Å²) in [5, 5.41) is 58.1. The Kier molecular flexibility index (Phi) is 28.1. The van der Waals surface area contributed by atoms with E-state index in [2.05, 4.69) is 105 Å². The molecule has 8 aromatic rings. The molecule has 14 nitrogen and oxygen atoms in total. The van der Waals surface area contributed by atoms with Gasteiger partial charge in [-0.15, -0.1) is 0 Å². The van der Waals surface area contributed by atoms with Gasteiger partial charge < -0.3 is 35.0 Å². The molecule has 10 rings (SSSR count). The number of aromatic nitrogens is 2. The number of halogens is 2. The normalized spacial score (nSPS) is 14.8. The van der Waals surface area contributed by atoms with Crippen LogP contribution in [0.4, 0.5) is 0 Å². The zero-order valence-corrected chi connectivity index (χ0v) is 59.5. The van der Waals surface area contributed by atoms with Gasteiger partial charge in [-0.1, -0.05) is 138 Å². The van der Waals surface area contributed by atoms with Gasteiger partial charge in [-0.25, -0.2) is 18.4 Å². The van der Waals surface area contributed by atoms with Crippen LogP contribution in [0.15, 0.2) is 158 Å². The second-order valence-corrected chi connectivity index (χ2v) is 30.2. The van der Waals surface area contributed by atoms with Crippen LogP contribution >= 0.6 is 58.8 Å². The van der Waals surface area contributed by atoms with Gasteiger partial charge in [0.05, 0.1) is 39.0 Å². The summed E-state index contributed by atoms with van der Waals surface area (Å²) in [6.07, 6.45) is 15.9. The number of carbonyl (C=O) groups excluding carboxylic acids is 1.